The first kappa shape index (κ1) is 15.1. The van der Waals surface area contributed by atoms with Crippen molar-refractivity contribution in [1.82, 2.24) is 19.4 Å². The molecule has 0 atom stereocenters. The Bertz CT molecular complexity index is 650. The van der Waals surface area contributed by atoms with Crippen LogP contribution < -0.4 is 0 Å². The summed E-state index contributed by atoms with van der Waals surface area (Å²) in [4.78, 5) is 17.4. The van der Waals surface area contributed by atoms with E-state index < -0.39 is 0 Å². The van der Waals surface area contributed by atoms with Crippen LogP contribution >= 0.6 is 11.5 Å². The summed E-state index contributed by atoms with van der Waals surface area (Å²) in [7, 11) is 0. The van der Waals surface area contributed by atoms with Gasteiger partial charge in [0.15, 0.2) is 0 Å². The number of aromatic nitrogens is 2. The van der Waals surface area contributed by atoms with E-state index in [-0.39, 0.29) is 11.7 Å². The first-order chi connectivity index (χ1) is 10.7. The number of benzene rings is 1. The molecule has 0 saturated carbocycles. The van der Waals surface area contributed by atoms with Crippen LogP contribution in [0.3, 0.4) is 0 Å². The lowest BCUT2D eigenvalue weighted by molar-refractivity contribution is 0.0648. The summed E-state index contributed by atoms with van der Waals surface area (Å²) in [6.45, 7) is 6.34. The minimum atomic E-state index is -0.310. The zero-order valence-corrected chi connectivity index (χ0v) is 13.1. The summed E-state index contributed by atoms with van der Waals surface area (Å²) in [6, 6.07) is 5.97. The van der Waals surface area contributed by atoms with Gasteiger partial charge in [-0.05, 0) is 42.3 Å². The molecule has 1 aromatic carbocycles. The minimum absolute atomic E-state index is 0.0370. The van der Waals surface area contributed by atoms with Crippen LogP contribution in [-0.4, -0.2) is 58.0 Å². The molecule has 0 bridgehead atoms. The van der Waals surface area contributed by atoms with Crippen molar-refractivity contribution in [2.24, 2.45) is 0 Å². The van der Waals surface area contributed by atoms with Gasteiger partial charge < -0.3 is 9.80 Å². The Labute approximate surface area is 132 Å². The number of hydrogen-bond acceptors (Lipinski definition) is 5. The van der Waals surface area contributed by atoms with Gasteiger partial charge in [-0.1, -0.05) is 11.4 Å². The van der Waals surface area contributed by atoms with Crippen LogP contribution in [0, 0.1) is 5.82 Å². The molecule has 7 heteroatoms. The molecule has 1 aromatic heterocycles. The second-order valence-corrected chi connectivity index (χ2v) is 5.94. The van der Waals surface area contributed by atoms with E-state index in [0.717, 1.165) is 31.2 Å². The quantitative estimate of drug-likeness (QED) is 0.869. The third-order valence-corrected chi connectivity index (χ3v) is 4.62. The Balaban J connectivity index is 1.80. The first-order valence-electron chi connectivity index (χ1n) is 7.29. The van der Waals surface area contributed by atoms with Crippen LogP contribution in [0.25, 0.3) is 11.3 Å². The maximum Gasteiger partial charge on any atom is 0.267 e. The molecule has 5 nitrogen and oxygen atoms in total. The maximum absolute atomic E-state index is 13.0. The molecule has 1 aliphatic heterocycles. The Kier molecular flexibility index (Phi) is 4.44. The van der Waals surface area contributed by atoms with Gasteiger partial charge in [-0.2, -0.15) is 0 Å². The second-order valence-electron chi connectivity index (χ2n) is 5.18. The van der Waals surface area contributed by atoms with E-state index in [1.54, 1.807) is 12.1 Å². The minimum Gasteiger partial charge on any atom is -0.335 e. The molecule has 0 N–H and O–H groups in total. The fourth-order valence-corrected chi connectivity index (χ4v) is 3.19. The molecule has 2 aromatic rings. The molecule has 1 amide bonds. The van der Waals surface area contributed by atoms with Crippen molar-refractivity contribution >= 4 is 17.4 Å². The Morgan fingerprint density at radius 1 is 1.23 bits per heavy atom. The first-order valence-corrected chi connectivity index (χ1v) is 8.06. The highest BCUT2D eigenvalue weighted by molar-refractivity contribution is 7.08. The van der Waals surface area contributed by atoms with Gasteiger partial charge in [0.05, 0.1) is 0 Å². The van der Waals surface area contributed by atoms with Gasteiger partial charge in [0, 0.05) is 31.7 Å². The van der Waals surface area contributed by atoms with Crippen molar-refractivity contribution in [1.29, 1.82) is 0 Å². The normalized spacial score (nSPS) is 16.0. The number of halogens is 1. The van der Waals surface area contributed by atoms with Gasteiger partial charge in [-0.15, -0.1) is 5.10 Å². The van der Waals surface area contributed by atoms with Crippen LogP contribution in [0.4, 0.5) is 4.39 Å². The predicted octanol–water partition coefficient (Wildman–Crippen LogP) is 2.12. The Morgan fingerprint density at radius 2 is 1.91 bits per heavy atom. The standard InChI is InChI=1S/C15H17FN4OS/c1-2-19-7-9-20(10-8-19)15(21)14-13(17-18-22-14)11-3-5-12(16)6-4-11/h3-6H,2,7-10H2,1H3. The van der Waals surface area contributed by atoms with Crippen molar-refractivity contribution in [3.05, 3.63) is 35.0 Å². The number of piperazine rings is 1. The number of carbonyl (C=O) groups excluding carboxylic acids is 1. The number of amides is 1. The van der Waals surface area contributed by atoms with E-state index in [0.29, 0.717) is 29.2 Å². The average molecular weight is 320 g/mol. The molecule has 1 fully saturated rings. The molecule has 0 aliphatic carbocycles. The topological polar surface area (TPSA) is 49.3 Å². The van der Waals surface area contributed by atoms with Crippen LogP contribution in [0.2, 0.25) is 0 Å². The van der Waals surface area contributed by atoms with Crippen molar-refractivity contribution in [2.45, 2.75) is 6.92 Å². The summed E-state index contributed by atoms with van der Waals surface area (Å²) in [5, 5.41) is 4.05. The van der Waals surface area contributed by atoms with E-state index in [1.807, 2.05) is 4.90 Å². The van der Waals surface area contributed by atoms with Crippen molar-refractivity contribution < 1.29 is 9.18 Å². The molecule has 22 heavy (non-hydrogen) atoms. The summed E-state index contributed by atoms with van der Waals surface area (Å²) in [5.74, 6) is -0.347. The molecule has 2 heterocycles. The van der Waals surface area contributed by atoms with Gasteiger partial charge >= 0.3 is 0 Å². The van der Waals surface area contributed by atoms with Gasteiger partial charge in [-0.3, -0.25) is 4.79 Å². The van der Waals surface area contributed by atoms with E-state index in [1.165, 1.54) is 12.1 Å². The third-order valence-electron chi connectivity index (χ3n) is 3.91. The van der Waals surface area contributed by atoms with E-state index >= 15 is 0 Å². The largest absolute Gasteiger partial charge is 0.335 e. The molecule has 0 spiro atoms. The Hall–Kier alpha value is -1.86. The molecule has 3 rings (SSSR count). The number of nitrogens with zero attached hydrogens (tertiary/aromatic N) is 4. The van der Waals surface area contributed by atoms with Crippen LogP contribution in [-0.2, 0) is 0 Å². The van der Waals surface area contributed by atoms with E-state index in [4.69, 9.17) is 0 Å². The van der Waals surface area contributed by atoms with Gasteiger partial charge in [0.1, 0.15) is 16.4 Å². The number of hydrogen-bond donors (Lipinski definition) is 0. The van der Waals surface area contributed by atoms with Crippen LogP contribution in [0.5, 0.6) is 0 Å². The molecule has 0 unspecified atom stereocenters. The van der Waals surface area contributed by atoms with Crippen molar-refractivity contribution in [2.75, 3.05) is 32.7 Å². The molecule has 1 saturated heterocycles. The molecular weight excluding hydrogens is 303 g/mol. The monoisotopic (exact) mass is 320 g/mol. The van der Waals surface area contributed by atoms with Gasteiger partial charge in [0.2, 0.25) is 0 Å². The summed E-state index contributed by atoms with van der Waals surface area (Å²) in [5.41, 5.74) is 1.25. The molecular formula is C15H17FN4OS. The molecule has 0 radical (unpaired) electrons. The number of likely N-dealkylation sites (N-methyl/N-ethyl adjacent to an activating group) is 1. The number of rotatable bonds is 3. The van der Waals surface area contributed by atoms with Gasteiger partial charge in [0.25, 0.3) is 5.91 Å². The predicted molar refractivity (Wildman–Crippen MR) is 83.3 cm³/mol. The SMILES string of the molecule is CCN1CCN(C(=O)c2snnc2-c2ccc(F)cc2)CC1. The van der Waals surface area contributed by atoms with Crippen LogP contribution in [0.1, 0.15) is 16.6 Å². The highest BCUT2D eigenvalue weighted by Crippen LogP contribution is 2.25. The fraction of sp³-hybridized carbons (Fsp3) is 0.400. The average Bonchev–Trinajstić information content (AvgIpc) is 3.04. The lowest BCUT2D eigenvalue weighted by Gasteiger charge is -2.33. The maximum atomic E-state index is 13.0. The van der Waals surface area contributed by atoms with Crippen LogP contribution in [0.15, 0.2) is 24.3 Å². The zero-order valence-electron chi connectivity index (χ0n) is 12.3. The number of carbonyl (C=O) groups is 1. The van der Waals surface area contributed by atoms with Crippen molar-refractivity contribution in [3.63, 3.8) is 0 Å². The summed E-state index contributed by atoms with van der Waals surface area (Å²) in [6.07, 6.45) is 0. The molecule has 116 valence electrons. The van der Waals surface area contributed by atoms with Crippen molar-refractivity contribution in [3.8, 4) is 11.3 Å². The fourth-order valence-electron chi connectivity index (χ4n) is 2.54. The summed E-state index contributed by atoms with van der Waals surface area (Å²) < 4.78 is 16.9. The molecule has 1 aliphatic rings. The smallest absolute Gasteiger partial charge is 0.267 e. The van der Waals surface area contributed by atoms with E-state index in [9.17, 15) is 9.18 Å². The van der Waals surface area contributed by atoms with E-state index in [2.05, 4.69) is 21.4 Å². The highest BCUT2D eigenvalue weighted by Gasteiger charge is 2.26. The highest BCUT2D eigenvalue weighted by atomic mass is 32.1. The Morgan fingerprint density at radius 3 is 2.55 bits per heavy atom. The zero-order chi connectivity index (χ0) is 15.5. The summed E-state index contributed by atoms with van der Waals surface area (Å²) >= 11 is 1.10. The lowest BCUT2D eigenvalue weighted by Crippen LogP contribution is -2.48. The second kappa shape index (κ2) is 6.50. The van der Waals surface area contributed by atoms with Gasteiger partial charge in [-0.25, -0.2) is 4.39 Å². The lowest BCUT2D eigenvalue weighted by atomic mass is 10.1. The third kappa shape index (κ3) is 3.00.